The predicted molar refractivity (Wildman–Crippen MR) is 75.4 cm³/mol. The van der Waals surface area contributed by atoms with Crippen molar-refractivity contribution in [2.75, 3.05) is 19.6 Å². The lowest BCUT2D eigenvalue weighted by Crippen LogP contribution is -2.51. The summed E-state index contributed by atoms with van der Waals surface area (Å²) < 4.78 is 26.8. The summed E-state index contributed by atoms with van der Waals surface area (Å²) >= 11 is 3.23. The maximum Gasteiger partial charge on any atom is 0.244 e. The first-order valence-electron chi connectivity index (χ1n) is 5.34. The van der Waals surface area contributed by atoms with Gasteiger partial charge in [-0.15, -0.1) is 12.4 Å². The Morgan fingerprint density at radius 3 is 2.83 bits per heavy atom. The Kier molecular flexibility index (Phi) is 5.54. The second kappa shape index (κ2) is 6.29. The van der Waals surface area contributed by atoms with Crippen LogP contribution in [0.2, 0.25) is 0 Å². The third-order valence-electron chi connectivity index (χ3n) is 2.65. The van der Waals surface area contributed by atoms with E-state index in [1.165, 1.54) is 10.5 Å². The zero-order valence-electron chi connectivity index (χ0n) is 9.84. The Bertz CT molecular complexity index is 512. The van der Waals surface area contributed by atoms with Gasteiger partial charge < -0.3 is 5.32 Å². The number of rotatable bonds is 2. The molecule has 2 heterocycles. The highest BCUT2D eigenvalue weighted by Gasteiger charge is 2.28. The lowest BCUT2D eigenvalue weighted by Gasteiger charge is -2.30. The van der Waals surface area contributed by atoms with Crippen molar-refractivity contribution in [3.63, 3.8) is 0 Å². The molecule has 8 heteroatoms. The van der Waals surface area contributed by atoms with Crippen LogP contribution in [-0.2, 0) is 10.0 Å². The van der Waals surface area contributed by atoms with Crippen LogP contribution in [0.15, 0.2) is 27.8 Å². The summed E-state index contributed by atoms with van der Waals surface area (Å²) in [6.45, 7) is 3.65. The molecule has 0 amide bonds. The number of pyridine rings is 1. The van der Waals surface area contributed by atoms with E-state index >= 15 is 0 Å². The number of aromatic nitrogens is 1. The zero-order valence-corrected chi connectivity index (χ0v) is 13.1. The van der Waals surface area contributed by atoms with Gasteiger partial charge in [0.2, 0.25) is 10.0 Å². The molecule has 1 aliphatic heterocycles. The summed E-state index contributed by atoms with van der Waals surface area (Å²) in [4.78, 5) is 4.13. The molecule has 1 aromatic heterocycles. The van der Waals surface area contributed by atoms with E-state index in [0.717, 1.165) is 0 Å². The van der Waals surface area contributed by atoms with E-state index < -0.39 is 10.0 Å². The number of sulfonamides is 1. The van der Waals surface area contributed by atoms with E-state index in [1.807, 2.05) is 6.92 Å². The lowest BCUT2D eigenvalue weighted by molar-refractivity contribution is 0.310. The molecular weight excluding hydrogens is 342 g/mol. The van der Waals surface area contributed by atoms with Crippen LogP contribution in [0.25, 0.3) is 0 Å². The standard InChI is InChI=1S/C10H14BrN3O2S.ClH/c1-8-7-14(3-2-13-8)17(15,16)10-4-9(11)5-12-6-10;/h4-6,8,13H,2-3,7H2,1H3;1H/t8-;/m1./s1. The highest BCUT2D eigenvalue weighted by molar-refractivity contribution is 9.10. The summed E-state index contributed by atoms with van der Waals surface area (Å²) in [7, 11) is -3.42. The van der Waals surface area contributed by atoms with Crippen LogP contribution in [0.1, 0.15) is 6.92 Å². The molecule has 0 aliphatic carbocycles. The Hall–Kier alpha value is -0.210. The van der Waals surface area contributed by atoms with E-state index in [9.17, 15) is 8.42 Å². The van der Waals surface area contributed by atoms with Gasteiger partial charge in [-0.2, -0.15) is 4.31 Å². The molecule has 1 atom stereocenters. The number of hydrogen-bond acceptors (Lipinski definition) is 4. The number of piperazine rings is 1. The van der Waals surface area contributed by atoms with E-state index in [4.69, 9.17) is 0 Å². The van der Waals surface area contributed by atoms with E-state index in [0.29, 0.717) is 24.1 Å². The zero-order chi connectivity index (χ0) is 12.5. The minimum Gasteiger partial charge on any atom is -0.312 e. The van der Waals surface area contributed by atoms with Gasteiger partial charge in [0.1, 0.15) is 4.90 Å². The van der Waals surface area contributed by atoms with Crippen LogP contribution >= 0.6 is 28.3 Å². The molecule has 0 aromatic carbocycles. The van der Waals surface area contributed by atoms with Gasteiger partial charge >= 0.3 is 0 Å². The predicted octanol–water partition coefficient (Wildman–Crippen LogP) is 1.25. The first-order valence-corrected chi connectivity index (χ1v) is 7.57. The fraction of sp³-hybridized carbons (Fsp3) is 0.500. The molecule has 1 N–H and O–H groups in total. The van der Waals surface area contributed by atoms with Crippen LogP contribution < -0.4 is 5.32 Å². The molecule has 0 radical (unpaired) electrons. The summed E-state index contributed by atoms with van der Waals surface area (Å²) in [5.74, 6) is 0. The lowest BCUT2D eigenvalue weighted by atomic mass is 10.3. The van der Waals surface area contributed by atoms with Gasteiger partial charge in [0.15, 0.2) is 0 Å². The van der Waals surface area contributed by atoms with Gasteiger partial charge in [0, 0.05) is 42.5 Å². The number of hydrogen-bond donors (Lipinski definition) is 1. The molecule has 1 saturated heterocycles. The van der Waals surface area contributed by atoms with Gasteiger partial charge in [0.05, 0.1) is 0 Å². The van der Waals surface area contributed by atoms with E-state index in [-0.39, 0.29) is 23.3 Å². The Balaban J connectivity index is 0.00000162. The molecule has 1 fully saturated rings. The van der Waals surface area contributed by atoms with Crippen LogP contribution in [0, 0.1) is 0 Å². The highest BCUT2D eigenvalue weighted by Crippen LogP contribution is 2.19. The molecule has 18 heavy (non-hydrogen) atoms. The van der Waals surface area contributed by atoms with Gasteiger partial charge in [-0.25, -0.2) is 8.42 Å². The Morgan fingerprint density at radius 1 is 1.50 bits per heavy atom. The van der Waals surface area contributed by atoms with Crippen molar-refractivity contribution >= 4 is 38.4 Å². The molecule has 102 valence electrons. The van der Waals surface area contributed by atoms with Gasteiger partial charge in [-0.3, -0.25) is 4.98 Å². The maximum atomic E-state index is 12.3. The fourth-order valence-corrected chi connectivity index (χ4v) is 3.83. The molecule has 2 rings (SSSR count). The normalized spacial score (nSPS) is 21.3. The Labute approximate surface area is 122 Å². The number of nitrogens with zero attached hydrogens (tertiary/aromatic N) is 2. The summed E-state index contributed by atoms with van der Waals surface area (Å²) in [6, 6.07) is 1.76. The second-order valence-corrected chi connectivity index (χ2v) is 6.91. The van der Waals surface area contributed by atoms with Crippen molar-refractivity contribution in [2.45, 2.75) is 17.9 Å². The average molecular weight is 357 g/mol. The van der Waals surface area contributed by atoms with E-state index in [1.54, 1.807) is 12.3 Å². The SMILES string of the molecule is C[C@@H]1CN(S(=O)(=O)c2cncc(Br)c2)CCN1.Cl. The van der Waals surface area contributed by atoms with E-state index in [2.05, 4.69) is 26.2 Å². The van der Waals surface area contributed by atoms with Crippen LogP contribution in [0.5, 0.6) is 0 Å². The second-order valence-electron chi connectivity index (χ2n) is 4.06. The third kappa shape index (κ3) is 3.42. The molecule has 0 bridgehead atoms. The number of halogens is 2. The van der Waals surface area contributed by atoms with Crippen molar-refractivity contribution in [3.05, 3.63) is 22.9 Å². The van der Waals surface area contributed by atoms with Crippen molar-refractivity contribution < 1.29 is 8.42 Å². The first-order chi connectivity index (χ1) is 8.00. The molecule has 5 nitrogen and oxygen atoms in total. The molecule has 1 aromatic rings. The molecular formula is C10H15BrClN3O2S. The maximum absolute atomic E-state index is 12.3. The van der Waals surface area contributed by atoms with Crippen molar-refractivity contribution in [1.82, 2.24) is 14.6 Å². The fourth-order valence-electron chi connectivity index (χ4n) is 1.80. The molecule has 0 unspecified atom stereocenters. The monoisotopic (exact) mass is 355 g/mol. The quantitative estimate of drug-likeness (QED) is 0.866. The van der Waals surface area contributed by atoms with Crippen LogP contribution in [0.3, 0.4) is 0 Å². The van der Waals surface area contributed by atoms with Crippen molar-refractivity contribution in [1.29, 1.82) is 0 Å². The topological polar surface area (TPSA) is 62.3 Å². The molecule has 1 aliphatic rings. The summed E-state index contributed by atoms with van der Waals surface area (Å²) in [5.41, 5.74) is 0. The number of nitrogens with one attached hydrogen (secondary N) is 1. The summed E-state index contributed by atoms with van der Waals surface area (Å²) in [5, 5.41) is 3.22. The smallest absolute Gasteiger partial charge is 0.244 e. The van der Waals surface area contributed by atoms with Crippen LogP contribution in [0.4, 0.5) is 0 Å². The average Bonchev–Trinajstić information content (AvgIpc) is 2.29. The van der Waals surface area contributed by atoms with Gasteiger partial charge in [0.25, 0.3) is 0 Å². The largest absolute Gasteiger partial charge is 0.312 e. The van der Waals surface area contributed by atoms with Crippen molar-refractivity contribution in [2.24, 2.45) is 0 Å². The molecule has 0 saturated carbocycles. The van der Waals surface area contributed by atoms with Gasteiger partial charge in [-0.1, -0.05) is 0 Å². The Morgan fingerprint density at radius 2 is 2.22 bits per heavy atom. The third-order valence-corrected chi connectivity index (χ3v) is 4.91. The highest BCUT2D eigenvalue weighted by atomic mass is 79.9. The minimum atomic E-state index is -3.42. The molecule has 0 spiro atoms. The first kappa shape index (κ1) is 15.8. The summed E-state index contributed by atoms with van der Waals surface area (Å²) in [6.07, 6.45) is 2.95. The van der Waals surface area contributed by atoms with Crippen molar-refractivity contribution in [3.8, 4) is 0 Å². The van der Waals surface area contributed by atoms with Gasteiger partial charge in [-0.05, 0) is 28.9 Å². The van der Waals surface area contributed by atoms with Crippen LogP contribution in [-0.4, -0.2) is 43.4 Å². The minimum absolute atomic E-state index is 0.